The van der Waals surface area contributed by atoms with Crippen molar-refractivity contribution < 1.29 is 0 Å². The third-order valence-corrected chi connectivity index (χ3v) is 3.05. The van der Waals surface area contributed by atoms with Gasteiger partial charge in [0.15, 0.2) is 0 Å². The third kappa shape index (κ3) is 2.20. The largest absolute Gasteiger partial charge is 0.269 e. The van der Waals surface area contributed by atoms with Crippen molar-refractivity contribution in [1.29, 1.82) is 0 Å². The number of hydrogen-bond donors (Lipinski definition) is 0. The van der Waals surface area contributed by atoms with E-state index in [9.17, 15) is 0 Å². The van der Waals surface area contributed by atoms with E-state index < -0.39 is 0 Å². The van der Waals surface area contributed by atoms with Gasteiger partial charge in [-0.2, -0.15) is 0 Å². The third-order valence-electron chi connectivity index (χ3n) is 2.81. The molecule has 1 aromatic heterocycles. The van der Waals surface area contributed by atoms with Crippen molar-refractivity contribution >= 4 is 11.6 Å². The molecule has 1 heterocycles. The summed E-state index contributed by atoms with van der Waals surface area (Å²) in [4.78, 5) is 0. The molecule has 0 radical (unpaired) electrons. The highest BCUT2D eigenvalue weighted by Gasteiger charge is 2.14. The second kappa shape index (κ2) is 4.88. The molecule has 17 heavy (non-hydrogen) atoms. The van der Waals surface area contributed by atoms with Crippen LogP contribution in [-0.4, -0.2) is 14.8 Å². The van der Waals surface area contributed by atoms with E-state index in [2.05, 4.69) is 43.1 Å². The summed E-state index contributed by atoms with van der Waals surface area (Å²) in [5.41, 5.74) is 2.33. The normalized spacial score (nSPS) is 11.1. The molecule has 0 fully saturated rings. The highest BCUT2D eigenvalue weighted by molar-refractivity contribution is 6.28. The molecule has 3 nitrogen and oxygen atoms in total. The minimum absolute atomic E-state index is 0.426. The first-order valence-corrected chi connectivity index (χ1v) is 6.22. The fourth-order valence-corrected chi connectivity index (χ4v) is 2.17. The van der Waals surface area contributed by atoms with Gasteiger partial charge in [0.25, 0.3) is 0 Å². The summed E-state index contributed by atoms with van der Waals surface area (Å²) in [7, 11) is 0. The maximum absolute atomic E-state index is 6.12. The van der Waals surface area contributed by atoms with Crippen LogP contribution in [0.1, 0.15) is 38.1 Å². The van der Waals surface area contributed by atoms with Crippen LogP contribution in [-0.2, 0) is 6.42 Å². The molecule has 0 bridgehead atoms. The number of aryl methyl sites for hydroxylation is 1. The maximum atomic E-state index is 6.12. The highest BCUT2D eigenvalue weighted by atomic mass is 35.5. The van der Waals surface area contributed by atoms with Crippen LogP contribution in [0.5, 0.6) is 0 Å². The molecular weight excluding hydrogens is 234 g/mol. The lowest BCUT2D eigenvalue weighted by Crippen LogP contribution is -2.05. The Morgan fingerprint density at radius 3 is 2.59 bits per heavy atom. The van der Waals surface area contributed by atoms with Gasteiger partial charge in [-0.15, -0.1) is 10.2 Å². The Morgan fingerprint density at radius 1 is 1.24 bits per heavy atom. The molecule has 0 atom stereocenters. The fraction of sp³-hybridized carbons (Fsp3) is 0.385. The predicted molar refractivity (Wildman–Crippen MR) is 69.8 cm³/mol. The van der Waals surface area contributed by atoms with E-state index >= 15 is 0 Å². The Hall–Kier alpha value is -1.35. The smallest absolute Gasteiger partial charge is 0.229 e. The second-order valence-electron chi connectivity index (χ2n) is 4.29. The molecule has 0 spiro atoms. The molecule has 0 N–H and O–H groups in total. The zero-order valence-corrected chi connectivity index (χ0v) is 11.1. The van der Waals surface area contributed by atoms with Crippen molar-refractivity contribution in [2.75, 3.05) is 0 Å². The number of hydrogen-bond acceptors (Lipinski definition) is 2. The van der Waals surface area contributed by atoms with Crippen molar-refractivity contribution in [2.45, 2.75) is 33.1 Å². The van der Waals surface area contributed by atoms with E-state index in [1.54, 1.807) is 0 Å². The molecule has 0 aliphatic heterocycles. The van der Waals surface area contributed by atoms with Crippen LogP contribution >= 0.6 is 11.6 Å². The SMILES string of the molecule is CCc1nnc(Cl)n1-c1ccccc1C(C)C. The van der Waals surface area contributed by atoms with E-state index in [-0.39, 0.29) is 0 Å². The molecular formula is C13H16ClN3. The molecule has 0 unspecified atom stereocenters. The minimum Gasteiger partial charge on any atom is -0.269 e. The van der Waals surface area contributed by atoms with Crippen LogP contribution in [0.15, 0.2) is 24.3 Å². The van der Waals surface area contributed by atoms with Gasteiger partial charge < -0.3 is 0 Å². The summed E-state index contributed by atoms with van der Waals surface area (Å²) in [5, 5.41) is 8.46. The Labute approximate surface area is 106 Å². The standard InChI is InChI=1S/C13H16ClN3/c1-4-12-15-16-13(14)17(12)11-8-6-5-7-10(11)9(2)3/h5-9H,4H2,1-3H3. The van der Waals surface area contributed by atoms with Gasteiger partial charge in [0.1, 0.15) is 5.82 Å². The lowest BCUT2D eigenvalue weighted by molar-refractivity contribution is 0.823. The van der Waals surface area contributed by atoms with Crippen LogP contribution in [0.3, 0.4) is 0 Å². The molecule has 0 saturated heterocycles. The van der Waals surface area contributed by atoms with E-state index in [1.165, 1.54) is 5.56 Å². The molecule has 0 aliphatic rings. The van der Waals surface area contributed by atoms with Gasteiger partial charge in [0.2, 0.25) is 5.28 Å². The Kier molecular flexibility index (Phi) is 3.48. The number of benzene rings is 1. The topological polar surface area (TPSA) is 30.7 Å². The van der Waals surface area contributed by atoms with Gasteiger partial charge in [-0.05, 0) is 29.1 Å². The van der Waals surface area contributed by atoms with Crippen LogP contribution in [0.25, 0.3) is 5.69 Å². The quantitative estimate of drug-likeness (QED) is 0.832. The molecule has 0 amide bonds. The Morgan fingerprint density at radius 2 is 1.94 bits per heavy atom. The number of aromatic nitrogens is 3. The average Bonchev–Trinajstić information content (AvgIpc) is 2.70. The highest BCUT2D eigenvalue weighted by Crippen LogP contribution is 2.26. The lowest BCUT2D eigenvalue weighted by atomic mass is 10.0. The molecule has 0 saturated carbocycles. The monoisotopic (exact) mass is 249 g/mol. The van der Waals surface area contributed by atoms with Crippen molar-refractivity contribution in [1.82, 2.24) is 14.8 Å². The molecule has 90 valence electrons. The molecule has 1 aromatic carbocycles. The van der Waals surface area contributed by atoms with Gasteiger partial charge in [-0.3, -0.25) is 4.57 Å². The van der Waals surface area contributed by atoms with Crippen LogP contribution in [0.2, 0.25) is 5.28 Å². The number of para-hydroxylation sites is 1. The predicted octanol–water partition coefficient (Wildman–Crippen LogP) is 3.61. The Balaban J connectivity index is 2.63. The van der Waals surface area contributed by atoms with Crippen molar-refractivity contribution in [3.63, 3.8) is 0 Å². The average molecular weight is 250 g/mol. The fourth-order valence-electron chi connectivity index (χ4n) is 1.94. The minimum atomic E-state index is 0.426. The van der Waals surface area contributed by atoms with Gasteiger partial charge in [-0.1, -0.05) is 39.0 Å². The second-order valence-corrected chi connectivity index (χ2v) is 4.63. The maximum Gasteiger partial charge on any atom is 0.229 e. The summed E-state index contributed by atoms with van der Waals surface area (Å²) in [6, 6.07) is 8.24. The summed E-state index contributed by atoms with van der Waals surface area (Å²) in [6.45, 7) is 6.39. The summed E-state index contributed by atoms with van der Waals surface area (Å²) < 4.78 is 1.93. The summed E-state index contributed by atoms with van der Waals surface area (Å²) in [6.07, 6.45) is 0.812. The van der Waals surface area contributed by atoms with Crippen molar-refractivity contribution in [2.24, 2.45) is 0 Å². The van der Waals surface area contributed by atoms with E-state index in [1.807, 2.05) is 16.7 Å². The number of rotatable bonds is 3. The van der Waals surface area contributed by atoms with Crippen LogP contribution in [0.4, 0.5) is 0 Å². The number of nitrogens with zero attached hydrogens (tertiary/aromatic N) is 3. The first-order valence-electron chi connectivity index (χ1n) is 5.84. The summed E-state index contributed by atoms with van der Waals surface area (Å²) in [5.74, 6) is 1.33. The zero-order valence-electron chi connectivity index (χ0n) is 10.3. The van der Waals surface area contributed by atoms with Crippen molar-refractivity contribution in [3.8, 4) is 5.69 Å². The first kappa shape index (κ1) is 12.1. The van der Waals surface area contributed by atoms with Crippen molar-refractivity contribution in [3.05, 3.63) is 40.9 Å². The first-order chi connectivity index (χ1) is 8.15. The van der Waals surface area contributed by atoms with Crippen LogP contribution < -0.4 is 0 Å². The summed E-state index contributed by atoms with van der Waals surface area (Å²) >= 11 is 6.12. The molecule has 4 heteroatoms. The molecule has 2 rings (SSSR count). The van der Waals surface area contributed by atoms with E-state index in [4.69, 9.17) is 11.6 Å². The van der Waals surface area contributed by atoms with E-state index in [0.29, 0.717) is 11.2 Å². The lowest BCUT2D eigenvalue weighted by Gasteiger charge is -2.14. The van der Waals surface area contributed by atoms with Crippen LogP contribution in [0, 0.1) is 0 Å². The Bertz CT molecular complexity index is 517. The van der Waals surface area contributed by atoms with E-state index in [0.717, 1.165) is 17.9 Å². The molecule has 0 aliphatic carbocycles. The zero-order chi connectivity index (χ0) is 12.4. The van der Waals surface area contributed by atoms with Gasteiger partial charge in [-0.25, -0.2) is 0 Å². The van der Waals surface area contributed by atoms with Gasteiger partial charge >= 0.3 is 0 Å². The van der Waals surface area contributed by atoms with Gasteiger partial charge in [0.05, 0.1) is 5.69 Å². The van der Waals surface area contributed by atoms with Gasteiger partial charge in [0, 0.05) is 6.42 Å². The molecule has 2 aromatic rings. The number of halogens is 1.